The summed E-state index contributed by atoms with van der Waals surface area (Å²) in [6, 6.07) is 21.9. The molecule has 3 rings (SSSR count). The van der Waals surface area contributed by atoms with E-state index in [-0.39, 0.29) is 5.91 Å². The van der Waals surface area contributed by atoms with Crippen LogP contribution in [-0.2, 0) is 11.3 Å². The zero-order valence-electron chi connectivity index (χ0n) is 13.7. The van der Waals surface area contributed by atoms with E-state index in [1.807, 2.05) is 61.6 Å². The van der Waals surface area contributed by atoms with Crippen molar-refractivity contribution in [1.82, 2.24) is 0 Å². The van der Waals surface area contributed by atoms with E-state index < -0.39 is 0 Å². The summed E-state index contributed by atoms with van der Waals surface area (Å²) in [6.45, 7) is 1.08. The molecule has 4 heteroatoms. The van der Waals surface area contributed by atoms with Crippen LogP contribution in [0.15, 0.2) is 77.4 Å². The van der Waals surface area contributed by atoms with Crippen molar-refractivity contribution in [2.45, 2.75) is 6.54 Å². The molecule has 0 aliphatic carbocycles. The van der Waals surface area contributed by atoms with E-state index >= 15 is 0 Å². The van der Waals surface area contributed by atoms with Crippen molar-refractivity contribution < 1.29 is 14.1 Å². The van der Waals surface area contributed by atoms with E-state index in [2.05, 4.69) is 17.4 Å². The van der Waals surface area contributed by atoms with Crippen LogP contribution in [0.3, 0.4) is 0 Å². The highest BCUT2D eigenvalue weighted by atomic mass is 16.3. The average Bonchev–Trinajstić information content (AvgIpc) is 3.09. The van der Waals surface area contributed by atoms with Gasteiger partial charge >= 0.3 is 0 Å². The summed E-state index contributed by atoms with van der Waals surface area (Å²) in [7, 11) is 1.97. The summed E-state index contributed by atoms with van der Waals surface area (Å²) < 4.78 is 5.31. The highest BCUT2D eigenvalue weighted by Crippen LogP contribution is 2.20. The van der Waals surface area contributed by atoms with Crippen molar-refractivity contribution in [2.24, 2.45) is 0 Å². The fraction of sp³-hybridized carbons (Fsp3) is 0.150. The number of anilines is 1. The molecule has 0 fully saturated rings. The van der Waals surface area contributed by atoms with Crippen LogP contribution < -0.4 is 10.2 Å². The van der Waals surface area contributed by atoms with E-state index in [1.165, 1.54) is 0 Å². The minimum Gasteiger partial charge on any atom is -0.463 e. The van der Waals surface area contributed by atoms with Gasteiger partial charge in [0.2, 0.25) is 0 Å². The van der Waals surface area contributed by atoms with Crippen LogP contribution in [0, 0.1) is 0 Å². The fourth-order valence-corrected chi connectivity index (χ4v) is 2.63. The predicted molar refractivity (Wildman–Crippen MR) is 94.7 cm³/mol. The maximum atomic E-state index is 12.1. The summed E-state index contributed by atoms with van der Waals surface area (Å²) in [4.78, 5) is 13.2. The van der Waals surface area contributed by atoms with Gasteiger partial charge in [0.1, 0.15) is 6.54 Å². The molecule has 4 nitrogen and oxygen atoms in total. The summed E-state index contributed by atoms with van der Waals surface area (Å²) in [5.74, 6) is 0.874. The Bertz CT molecular complexity index is 765. The summed E-state index contributed by atoms with van der Waals surface area (Å²) in [5, 5.41) is 2.94. The van der Waals surface area contributed by atoms with Crippen LogP contribution in [-0.4, -0.2) is 19.5 Å². The first-order valence-electron chi connectivity index (χ1n) is 8.00. The van der Waals surface area contributed by atoms with E-state index in [4.69, 9.17) is 4.42 Å². The molecule has 1 aromatic heterocycles. The Hall–Kier alpha value is -2.85. The van der Waals surface area contributed by atoms with Crippen molar-refractivity contribution >= 4 is 11.6 Å². The average molecular weight is 321 g/mol. The van der Waals surface area contributed by atoms with Crippen LogP contribution in [0.25, 0.3) is 11.1 Å². The van der Waals surface area contributed by atoms with Crippen LogP contribution in [0.1, 0.15) is 5.76 Å². The zero-order valence-corrected chi connectivity index (χ0v) is 13.7. The number of amides is 1. The molecule has 122 valence electrons. The molecule has 1 heterocycles. The Balaban J connectivity index is 1.54. The molecule has 3 aromatic rings. The first kappa shape index (κ1) is 16.0. The van der Waals surface area contributed by atoms with Crippen LogP contribution in [0.4, 0.5) is 5.69 Å². The third-order valence-corrected chi connectivity index (χ3v) is 3.79. The number of benzene rings is 2. The van der Waals surface area contributed by atoms with Gasteiger partial charge in [-0.15, -0.1) is 0 Å². The molecule has 0 aliphatic rings. The molecule has 1 unspecified atom stereocenters. The van der Waals surface area contributed by atoms with Gasteiger partial charge < -0.3 is 14.6 Å². The van der Waals surface area contributed by atoms with Crippen molar-refractivity contribution in [1.29, 1.82) is 0 Å². The number of carbonyl (C=O) groups excluding carboxylic acids is 1. The van der Waals surface area contributed by atoms with Gasteiger partial charge in [0, 0.05) is 5.69 Å². The van der Waals surface area contributed by atoms with Crippen LogP contribution >= 0.6 is 0 Å². The molecule has 1 amide bonds. The van der Waals surface area contributed by atoms with Gasteiger partial charge in [-0.25, -0.2) is 0 Å². The van der Waals surface area contributed by atoms with Gasteiger partial charge in [-0.05, 0) is 35.4 Å². The number of nitrogens with one attached hydrogen (secondary N) is 2. The lowest BCUT2D eigenvalue weighted by Crippen LogP contribution is -3.08. The van der Waals surface area contributed by atoms with E-state index in [0.717, 1.165) is 27.5 Å². The second-order valence-electron chi connectivity index (χ2n) is 5.88. The minimum absolute atomic E-state index is 0.00785. The minimum atomic E-state index is -0.00785. The summed E-state index contributed by atoms with van der Waals surface area (Å²) in [6.07, 6.45) is 1.65. The molecular weight excluding hydrogens is 300 g/mol. The van der Waals surface area contributed by atoms with Gasteiger partial charge in [-0.3, -0.25) is 4.79 Å². The Kier molecular flexibility index (Phi) is 5.08. The van der Waals surface area contributed by atoms with E-state index in [9.17, 15) is 4.79 Å². The Morgan fingerprint density at radius 1 is 0.958 bits per heavy atom. The number of hydrogen-bond donors (Lipinski definition) is 2. The highest BCUT2D eigenvalue weighted by molar-refractivity contribution is 5.91. The molecule has 0 aliphatic heterocycles. The third kappa shape index (κ3) is 4.33. The number of rotatable bonds is 6. The first-order chi connectivity index (χ1) is 11.7. The van der Waals surface area contributed by atoms with E-state index in [0.29, 0.717) is 13.1 Å². The van der Waals surface area contributed by atoms with Gasteiger partial charge in [-0.1, -0.05) is 42.5 Å². The summed E-state index contributed by atoms with van der Waals surface area (Å²) in [5.41, 5.74) is 3.11. The second-order valence-corrected chi connectivity index (χ2v) is 5.88. The Labute approximate surface area is 141 Å². The maximum Gasteiger partial charge on any atom is 0.279 e. The number of likely N-dealkylation sites (N-methyl/N-ethyl adjacent to an activating group) is 1. The lowest BCUT2D eigenvalue weighted by molar-refractivity contribution is -0.886. The second kappa shape index (κ2) is 7.62. The van der Waals surface area contributed by atoms with Gasteiger partial charge in [0.15, 0.2) is 12.3 Å². The molecule has 0 bridgehead atoms. The number of hydrogen-bond acceptors (Lipinski definition) is 2. The standard InChI is InChI=1S/C20H20N2O2/c1-22(14-19-8-5-13-24-19)15-20(23)21-18-11-9-17(10-12-18)16-6-3-2-4-7-16/h2-13H,14-15H2,1H3,(H,21,23)/p+1. The quantitative estimate of drug-likeness (QED) is 0.733. The normalized spacial score (nSPS) is 11.9. The molecule has 1 atom stereocenters. The van der Waals surface area contributed by atoms with Crippen molar-refractivity contribution in [2.75, 3.05) is 18.9 Å². The van der Waals surface area contributed by atoms with Crippen molar-refractivity contribution in [3.05, 3.63) is 78.8 Å². The van der Waals surface area contributed by atoms with Gasteiger partial charge in [-0.2, -0.15) is 0 Å². The van der Waals surface area contributed by atoms with Crippen LogP contribution in [0.2, 0.25) is 0 Å². The molecular formula is C20H21N2O2+. The molecule has 0 spiro atoms. The maximum absolute atomic E-state index is 12.1. The van der Waals surface area contributed by atoms with E-state index in [1.54, 1.807) is 6.26 Å². The molecule has 0 radical (unpaired) electrons. The molecule has 0 saturated heterocycles. The smallest absolute Gasteiger partial charge is 0.279 e. The Morgan fingerprint density at radius 3 is 2.33 bits per heavy atom. The number of carbonyl (C=O) groups is 1. The topological polar surface area (TPSA) is 46.7 Å². The third-order valence-electron chi connectivity index (χ3n) is 3.79. The fourth-order valence-electron chi connectivity index (χ4n) is 2.63. The lowest BCUT2D eigenvalue weighted by Gasteiger charge is -2.12. The largest absolute Gasteiger partial charge is 0.463 e. The highest BCUT2D eigenvalue weighted by Gasteiger charge is 2.12. The summed E-state index contributed by atoms with van der Waals surface area (Å²) >= 11 is 0. The monoisotopic (exact) mass is 321 g/mol. The number of quaternary nitrogens is 1. The predicted octanol–water partition coefficient (Wildman–Crippen LogP) is 2.60. The lowest BCUT2D eigenvalue weighted by atomic mass is 10.1. The van der Waals surface area contributed by atoms with Crippen molar-refractivity contribution in [3.63, 3.8) is 0 Å². The molecule has 2 N–H and O–H groups in total. The molecule has 2 aromatic carbocycles. The molecule has 24 heavy (non-hydrogen) atoms. The first-order valence-corrected chi connectivity index (χ1v) is 8.00. The van der Waals surface area contributed by atoms with Crippen LogP contribution in [0.5, 0.6) is 0 Å². The van der Waals surface area contributed by atoms with Gasteiger partial charge in [0.25, 0.3) is 5.91 Å². The van der Waals surface area contributed by atoms with Gasteiger partial charge in [0.05, 0.1) is 13.3 Å². The SMILES string of the molecule is C[NH+](CC(=O)Nc1ccc(-c2ccccc2)cc1)Cc1ccco1. The number of furan rings is 1. The zero-order chi connectivity index (χ0) is 16.8. The Morgan fingerprint density at radius 2 is 1.67 bits per heavy atom. The molecule has 0 saturated carbocycles. The van der Waals surface area contributed by atoms with Crippen molar-refractivity contribution in [3.8, 4) is 11.1 Å².